The molecule has 0 saturated carbocycles. The summed E-state index contributed by atoms with van der Waals surface area (Å²) in [6.07, 6.45) is 5.91. The summed E-state index contributed by atoms with van der Waals surface area (Å²) in [5, 5.41) is 8.09. The van der Waals surface area contributed by atoms with Crippen molar-refractivity contribution in [2.45, 2.75) is 45.7 Å². The first kappa shape index (κ1) is 19.9. The minimum atomic E-state index is -0.0847. The van der Waals surface area contributed by atoms with Gasteiger partial charge in [-0.3, -0.25) is 14.4 Å². The molecule has 0 radical (unpaired) electrons. The molecule has 1 aromatic heterocycles. The number of nitrogens with zero attached hydrogens (tertiary/aromatic N) is 3. The van der Waals surface area contributed by atoms with E-state index in [4.69, 9.17) is 11.6 Å². The Labute approximate surface area is 166 Å². The minimum absolute atomic E-state index is 0.0576. The molecular formula is C21H29ClN4O. The molecule has 0 bridgehead atoms. The van der Waals surface area contributed by atoms with Crippen LogP contribution >= 0.6 is 11.6 Å². The molecule has 6 heteroatoms. The first-order valence-corrected chi connectivity index (χ1v) is 10.0. The Kier molecular flexibility index (Phi) is 6.22. The van der Waals surface area contributed by atoms with Crippen LogP contribution in [-0.4, -0.2) is 45.8 Å². The molecular weight excluding hydrogens is 360 g/mol. The van der Waals surface area contributed by atoms with Gasteiger partial charge in [-0.1, -0.05) is 36.7 Å². The Morgan fingerprint density at radius 2 is 2.15 bits per heavy atom. The molecule has 1 unspecified atom stereocenters. The molecule has 1 N–H and O–H groups in total. The lowest BCUT2D eigenvalue weighted by atomic mass is 9.93. The fourth-order valence-electron chi connectivity index (χ4n) is 3.62. The number of nitrogens with one attached hydrogen (secondary N) is 1. The second kappa shape index (κ2) is 8.44. The summed E-state index contributed by atoms with van der Waals surface area (Å²) in [6, 6.07) is 7.67. The standard InChI is InChI=1S/C21H29ClN4O/c1-16-7-6-10-25(12-16)21(2,3)15-23-20(27)18-11-24-26(14-18)13-17-8-4-5-9-19(17)22/h4-5,8-9,11,14,16H,6-7,10,12-13,15H2,1-3H3,(H,23,27). The summed E-state index contributed by atoms with van der Waals surface area (Å²) in [6.45, 7) is 10.1. The van der Waals surface area contributed by atoms with E-state index in [1.807, 2.05) is 24.3 Å². The number of carbonyl (C=O) groups is 1. The number of likely N-dealkylation sites (tertiary alicyclic amines) is 1. The zero-order valence-electron chi connectivity index (χ0n) is 16.4. The highest BCUT2D eigenvalue weighted by atomic mass is 35.5. The third-order valence-corrected chi connectivity index (χ3v) is 5.75. The van der Waals surface area contributed by atoms with Crippen molar-refractivity contribution in [3.05, 3.63) is 52.8 Å². The van der Waals surface area contributed by atoms with Gasteiger partial charge in [-0.05, 0) is 50.8 Å². The number of piperidine rings is 1. The third-order valence-electron chi connectivity index (χ3n) is 5.38. The van der Waals surface area contributed by atoms with E-state index in [-0.39, 0.29) is 11.4 Å². The fraction of sp³-hybridized carbons (Fsp3) is 0.524. The summed E-state index contributed by atoms with van der Waals surface area (Å²) in [5.74, 6) is 0.635. The smallest absolute Gasteiger partial charge is 0.254 e. The first-order chi connectivity index (χ1) is 12.8. The number of carbonyl (C=O) groups excluding carboxylic acids is 1. The van der Waals surface area contributed by atoms with Crippen LogP contribution in [0.25, 0.3) is 0 Å². The quantitative estimate of drug-likeness (QED) is 0.818. The number of rotatable bonds is 6. The molecule has 5 nitrogen and oxygen atoms in total. The highest BCUT2D eigenvalue weighted by molar-refractivity contribution is 6.31. The number of aromatic nitrogens is 2. The van der Waals surface area contributed by atoms with Crippen LogP contribution in [0.2, 0.25) is 5.02 Å². The van der Waals surface area contributed by atoms with E-state index in [1.165, 1.54) is 12.8 Å². The van der Waals surface area contributed by atoms with Gasteiger partial charge in [0.2, 0.25) is 0 Å². The normalized spacial score (nSPS) is 18.4. The molecule has 1 aliphatic heterocycles. The van der Waals surface area contributed by atoms with E-state index in [1.54, 1.807) is 17.1 Å². The van der Waals surface area contributed by atoms with Crippen molar-refractivity contribution >= 4 is 17.5 Å². The maximum Gasteiger partial charge on any atom is 0.254 e. The number of benzene rings is 1. The molecule has 1 saturated heterocycles. The van der Waals surface area contributed by atoms with Crippen molar-refractivity contribution < 1.29 is 4.79 Å². The average Bonchev–Trinajstić information content (AvgIpc) is 3.10. The van der Waals surface area contributed by atoms with Gasteiger partial charge in [0.05, 0.1) is 18.3 Å². The van der Waals surface area contributed by atoms with Gasteiger partial charge in [0, 0.05) is 29.8 Å². The second-order valence-corrected chi connectivity index (χ2v) is 8.61. The van der Waals surface area contributed by atoms with Gasteiger partial charge >= 0.3 is 0 Å². The maximum absolute atomic E-state index is 12.6. The van der Waals surface area contributed by atoms with Crippen LogP contribution in [0.5, 0.6) is 0 Å². The zero-order valence-corrected chi connectivity index (χ0v) is 17.2. The minimum Gasteiger partial charge on any atom is -0.350 e. The van der Waals surface area contributed by atoms with Crippen molar-refractivity contribution in [3.8, 4) is 0 Å². The van der Waals surface area contributed by atoms with Crippen LogP contribution in [0.1, 0.15) is 49.5 Å². The molecule has 1 fully saturated rings. The Balaban J connectivity index is 1.57. The molecule has 146 valence electrons. The van der Waals surface area contributed by atoms with Gasteiger partial charge in [0.25, 0.3) is 5.91 Å². The van der Waals surface area contributed by atoms with E-state index in [9.17, 15) is 4.79 Å². The van der Waals surface area contributed by atoms with Gasteiger partial charge in [-0.2, -0.15) is 5.10 Å². The third kappa shape index (κ3) is 5.11. The van der Waals surface area contributed by atoms with E-state index in [2.05, 4.69) is 36.1 Å². The zero-order chi connectivity index (χ0) is 19.4. The molecule has 1 atom stereocenters. The molecule has 27 heavy (non-hydrogen) atoms. The van der Waals surface area contributed by atoms with Gasteiger partial charge in [0.1, 0.15) is 0 Å². The SMILES string of the molecule is CC1CCCN(C(C)(C)CNC(=O)c2cnn(Cc3ccccc3Cl)c2)C1. The number of halogens is 1. The van der Waals surface area contributed by atoms with Crippen LogP contribution in [-0.2, 0) is 6.54 Å². The molecule has 0 aliphatic carbocycles. The lowest BCUT2D eigenvalue weighted by molar-refractivity contribution is 0.0657. The summed E-state index contributed by atoms with van der Waals surface area (Å²) in [4.78, 5) is 15.1. The summed E-state index contributed by atoms with van der Waals surface area (Å²) in [7, 11) is 0. The second-order valence-electron chi connectivity index (χ2n) is 8.21. The average molecular weight is 389 g/mol. The van der Waals surface area contributed by atoms with Crippen LogP contribution < -0.4 is 5.32 Å². The van der Waals surface area contributed by atoms with Crippen molar-refractivity contribution in [2.75, 3.05) is 19.6 Å². The summed E-state index contributed by atoms with van der Waals surface area (Å²) >= 11 is 6.20. The Hall–Kier alpha value is -1.85. The van der Waals surface area contributed by atoms with Gasteiger partial charge in [-0.15, -0.1) is 0 Å². The molecule has 0 spiro atoms. The monoisotopic (exact) mass is 388 g/mol. The van der Waals surface area contributed by atoms with Crippen LogP contribution in [0.15, 0.2) is 36.7 Å². The van der Waals surface area contributed by atoms with Crippen molar-refractivity contribution in [3.63, 3.8) is 0 Å². The lowest BCUT2D eigenvalue weighted by Crippen LogP contribution is -2.54. The van der Waals surface area contributed by atoms with E-state index < -0.39 is 0 Å². The molecule has 2 heterocycles. The molecule has 1 aliphatic rings. The highest BCUT2D eigenvalue weighted by Crippen LogP contribution is 2.23. The summed E-state index contributed by atoms with van der Waals surface area (Å²) in [5.41, 5.74) is 1.50. The topological polar surface area (TPSA) is 50.2 Å². The van der Waals surface area contributed by atoms with Crippen molar-refractivity contribution in [1.29, 1.82) is 0 Å². The van der Waals surface area contributed by atoms with E-state index in [0.29, 0.717) is 23.7 Å². The largest absolute Gasteiger partial charge is 0.350 e. The predicted octanol–water partition coefficient (Wildman–Crippen LogP) is 3.83. The summed E-state index contributed by atoms with van der Waals surface area (Å²) < 4.78 is 1.74. The van der Waals surface area contributed by atoms with E-state index in [0.717, 1.165) is 24.6 Å². The van der Waals surface area contributed by atoms with Crippen LogP contribution in [0, 0.1) is 5.92 Å². The number of hydrogen-bond acceptors (Lipinski definition) is 3. The molecule has 2 aromatic rings. The van der Waals surface area contributed by atoms with Crippen LogP contribution in [0.3, 0.4) is 0 Å². The molecule has 3 rings (SSSR count). The lowest BCUT2D eigenvalue weighted by Gasteiger charge is -2.43. The molecule has 1 amide bonds. The van der Waals surface area contributed by atoms with Crippen molar-refractivity contribution in [1.82, 2.24) is 20.0 Å². The van der Waals surface area contributed by atoms with E-state index >= 15 is 0 Å². The first-order valence-electron chi connectivity index (χ1n) is 9.64. The van der Waals surface area contributed by atoms with Gasteiger partial charge in [0.15, 0.2) is 0 Å². The fourth-order valence-corrected chi connectivity index (χ4v) is 3.81. The Morgan fingerprint density at radius 1 is 1.37 bits per heavy atom. The predicted molar refractivity (Wildman–Crippen MR) is 109 cm³/mol. The Morgan fingerprint density at radius 3 is 2.89 bits per heavy atom. The van der Waals surface area contributed by atoms with Gasteiger partial charge in [-0.25, -0.2) is 0 Å². The molecule has 1 aromatic carbocycles. The highest BCUT2D eigenvalue weighted by Gasteiger charge is 2.30. The van der Waals surface area contributed by atoms with Crippen molar-refractivity contribution in [2.24, 2.45) is 5.92 Å². The van der Waals surface area contributed by atoms with Crippen LogP contribution in [0.4, 0.5) is 0 Å². The Bertz CT molecular complexity index is 786. The maximum atomic E-state index is 12.6. The van der Waals surface area contributed by atoms with Gasteiger partial charge < -0.3 is 5.32 Å². The number of hydrogen-bond donors (Lipinski definition) is 1. The number of amides is 1.